The van der Waals surface area contributed by atoms with Crippen molar-refractivity contribution in [1.82, 2.24) is 9.55 Å². The SMILES string of the molecule is CCOP(=O)(O)OCC1CC(C)(N)C(n2ccc(=O)[nH]c2=O)O1. The summed E-state index contributed by atoms with van der Waals surface area (Å²) >= 11 is 0. The zero-order chi connectivity index (χ0) is 17.3. The Bertz CT molecular complexity index is 713. The number of ether oxygens (including phenoxy) is 1. The highest BCUT2D eigenvalue weighted by Crippen LogP contribution is 2.44. The van der Waals surface area contributed by atoms with Crippen LogP contribution in [0.15, 0.2) is 21.9 Å². The molecule has 11 heteroatoms. The second-order valence-corrected chi connectivity index (χ2v) is 6.97. The van der Waals surface area contributed by atoms with Crippen molar-refractivity contribution in [2.75, 3.05) is 13.2 Å². The van der Waals surface area contributed by atoms with Gasteiger partial charge in [-0.3, -0.25) is 23.4 Å². The fourth-order valence-corrected chi connectivity index (χ4v) is 3.20. The number of nitrogens with one attached hydrogen (secondary N) is 1. The maximum atomic E-state index is 11.9. The van der Waals surface area contributed by atoms with Gasteiger partial charge in [0, 0.05) is 12.3 Å². The highest BCUT2D eigenvalue weighted by molar-refractivity contribution is 7.47. The molecule has 0 aromatic carbocycles. The second-order valence-electron chi connectivity index (χ2n) is 5.52. The topological polar surface area (TPSA) is 146 Å². The van der Waals surface area contributed by atoms with E-state index in [1.54, 1.807) is 13.8 Å². The molecule has 1 aromatic heterocycles. The van der Waals surface area contributed by atoms with Crippen molar-refractivity contribution < 1.29 is 23.2 Å². The van der Waals surface area contributed by atoms with Crippen LogP contribution in [0.5, 0.6) is 0 Å². The van der Waals surface area contributed by atoms with E-state index in [0.717, 1.165) is 0 Å². The van der Waals surface area contributed by atoms with Crippen molar-refractivity contribution >= 4 is 7.82 Å². The van der Waals surface area contributed by atoms with E-state index in [0.29, 0.717) is 0 Å². The van der Waals surface area contributed by atoms with Gasteiger partial charge in [0.05, 0.1) is 24.9 Å². The molecule has 1 aliphatic heterocycles. The number of nitrogens with two attached hydrogens (primary N) is 1. The second kappa shape index (κ2) is 6.68. The van der Waals surface area contributed by atoms with Gasteiger partial charge < -0.3 is 15.4 Å². The average Bonchev–Trinajstić information content (AvgIpc) is 2.72. The minimum Gasteiger partial charge on any atom is -0.350 e. The zero-order valence-corrected chi connectivity index (χ0v) is 13.7. The molecule has 0 bridgehead atoms. The predicted molar refractivity (Wildman–Crippen MR) is 79.8 cm³/mol. The Balaban J connectivity index is 2.11. The third-order valence-electron chi connectivity index (χ3n) is 3.37. The van der Waals surface area contributed by atoms with Crippen LogP contribution in [0.3, 0.4) is 0 Å². The number of phosphoric acid groups is 1. The van der Waals surface area contributed by atoms with E-state index in [1.807, 2.05) is 0 Å². The van der Waals surface area contributed by atoms with Crippen LogP contribution < -0.4 is 17.0 Å². The van der Waals surface area contributed by atoms with E-state index in [9.17, 15) is 19.0 Å². The molecule has 0 amide bonds. The molecule has 4 atom stereocenters. The van der Waals surface area contributed by atoms with E-state index < -0.39 is 36.9 Å². The number of nitrogens with zero attached hydrogens (tertiary/aromatic N) is 1. The van der Waals surface area contributed by atoms with E-state index in [4.69, 9.17) is 15.0 Å². The first kappa shape index (κ1) is 18.1. The summed E-state index contributed by atoms with van der Waals surface area (Å²) in [6, 6.07) is 1.18. The molecule has 23 heavy (non-hydrogen) atoms. The van der Waals surface area contributed by atoms with E-state index >= 15 is 0 Å². The largest absolute Gasteiger partial charge is 0.472 e. The van der Waals surface area contributed by atoms with E-state index in [2.05, 4.69) is 9.51 Å². The van der Waals surface area contributed by atoms with Crippen LogP contribution in [0, 0.1) is 0 Å². The minimum absolute atomic E-state index is 0.0311. The highest BCUT2D eigenvalue weighted by Gasteiger charge is 2.44. The maximum absolute atomic E-state index is 11.9. The Morgan fingerprint density at radius 1 is 1.57 bits per heavy atom. The van der Waals surface area contributed by atoms with Crippen LogP contribution in [-0.2, 0) is 18.3 Å². The summed E-state index contributed by atoms with van der Waals surface area (Å²) in [5.41, 5.74) is 4.05. The first-order chi connectivity index (χ1) is 10.6. The highest BCUT2D eigenvalue weighted by atomic mass is 31.2. The third kappa shape index (κ3) is 4.37. The average molecular weight is 349 g/mol. The number of aromatic amines is 1. The van der Waals surface area contributed by atoms with Gasteiger partial charge >= 0.3 is 13.5 Å². The van der Waals surface area contributed by atoms with Crippen molar-refractivity contribution in [2.24, 2.45) is 5.73 Å². The van der Waals surface area contributed by atoms with Gasteiger partial charge in [-0.1, -0.05) is 0 Å². The van der Waals surface area contributed by atoms with Gasteiger partial charge in [0.2, 0.25) is 0 Å². The molecule has 0 radical (unpaired) electrons. The third-order valence-corrected chi connectivity index (χ3v) is 4.43. The Hall–Kier alpha value is -1.29. The van der Waals surface area contributed by atoms with Crippen molar-refractivity contribution in [3.63, 3.8) is 0 Å². The molecule has 2 rings (SSSR count). The fourth-order valence-electron chi connectivity index (χ4n) is 2.45. The zero-order valence-electron chi connectivity index (χ0n) is 12.8. The summed E-state index contributed by atoms with van der Waals surface area (Å²) < 4.78 is 27.8. The predicted octanol–water partition coefficient (Wildman–Crippen LogP) is -0.305. The van der Waals surface area contributed by atoms with Crippen molar-refractivity contribution in [3.8, 4) is 0 Å². The normalized spacial score (nSPS) is 30.3. The molecular formula is C12H20N3O7P. The van der Waals surface area contributed by atoms with Crippen LogP contribution in [0.2, 0.25) is 0 Å². The van der Waals surface area contributed by atoms with Gasteiger partial charge in [-0.25, -0.2) is 9.36 Å². The van der Waals surface area contributed by atoms with E-state index in [1.165, 1.54) is 16.8 Å². The van der Waals surface area contributed by atoms with Gasteiger partial charge in [-0.2, -0.15) is 0 Å². The summed E-state index contributed by atoms with van der Waals surface area (Å²) in [5.74, 6) is 0. The molecule has 0 saturated carbocycles. The van der Waals surface area contributed by atoms with Crippen LogP contribution >= 0.6 is 7.82 Å². The van der Waals surface area contributed by atoms with Gasteiger partial charge in [0.15, 0.2) is 6.23 Å². The van der Waals surface area contributed by atoms with Gasteiger partial charge in [-0.15, -0.1) is 0 Å². The first-order valence-electron chi connectivity index (χ1n) is 7.02. The lowest BCUT2D eigenvalue weighted by molar-refractivity contribution is -0.0384. The Morgan fingerprint density at radius 3 is 2.87 bits per heavy atom. The maximum Gasteiger partial charge on any atom is 0.472 e. The molecule has 1 saturated heterocycles. The molecule has 0 spiro atoms. The Labute approximate surface area is 131 Å². The smallest absolute Gasteiger partial charge is 0.350 e. The summed E-state index contributed by atoms with van der Waals surface area (Å²) in [6.07, 6.45) is 0.132. The lowest BCUT2D eigenvalue weighted by Gasteiger charge is -2.26. The first-order valence-corrected chi connectivity index (χ1v) is 8.52. The Kier molecular flexibility index (Phi) is 5.24. The van der Waals surface area contributed by atoms with Crippen LogP contribution in [0.25, 0.3) is 0 Å². The quantitative estimate of drug-likeness (QED) is 0.593. The standard InChI is InChI=1S/C12H20N3O7P/c1-3-20-23(18,19)21-7-8-6-12(2,13)10(22-8)15-5-4-9(16)14-11(15)17/h4-5,8,10H,3,6-7,13H2,1-2H3,(H,18,19)(H,14,16,17). The van der Waals surface area contributed by atoms with Crippen molar-refractivity contribution in [1.29, 1.82) is 0 Å². The van der Waals surface area contributed by atoms with Crippen LogP contribution in [0.1, 0.15) is 26.5 Å². The lowest BCUT2D eigenvalue weighted by Crippen LogP contribution is -2.46. The number of phosphoric ester groups is 1. The summed E-state index contributed by atoms with van der Waals surface area (Å²) in [7, 11) is -4.13. The molecule has 2 heterocycles. The molecular weight excluding hydrogens is 329 g/mol. The molecule has 1 aromatic rings. The molecule has 4 N–H and O–H groups in total. The molecule has 1 aliphatic rings. The molecule has 0 aliphatic carbocycles. The number of H-pyrrole nitrogens is 1. The molecule has 130 valence electrons. The Morgan fingerprint density at radius 2 is 2.26 bits per heavy atom. The summed E-state index contributed by atoms with van der Waals surface area (Å²) in [4.78, 5) is 34.5. The number of rotatable bonds is 6. The van der Waals surface area contributed by atoms with Gasteiger partial charge in [-0.05, 0) is 20.3 Å². The van der Waals surface area contributed by atoms with E-state index in [-0.39, 0.29) is 19.6 Å². The van der Waals surface area contributed by atoms with Gasteiger partial charge in [0.1, 0.15) is 0 Å². The summed E-state index contributed by atoms with van der Waals surface area (Å²) in [5, 5.41) is 0. The van der Waals surface area contributed by atoms with Crippen LogP contribution in [0.4, 0.5) is 0 Å². The van der Waals surface area contributed by atoms with Crippen molar-refractivity contribution in [3.05, 3.63) is 33.1 Å². The van der Waals surface area contributed by atoms with Crippen molar-refractivity contribution in [2.45, 2.75) is 38.1 Å². The lowest BCUT2D eigenvalue weighted by atomic mass is 9.97. The summed E-state index contributed by atoms with van der Waals surface area (Å²) in [6.45, 7) is 3.06. The number of hydrogen-bond donors (Lipinski definition) is 3. The molecule has 10 nitrogen and oxygen atoms in total. The fraction of sp³-hybridized carbons (Fsp3) is 0.667. The molecule has 1 fully saturated rings. The molecule has 4 unspecified atom stereocenters. The number of aromatic nitrogens is 2. The van der Waals surface area contributed by atoms with Crippen LogP contribution in [-0.4, -0.2) is 39.3 Å². The monoisotopic (exact) mass is 349 g/mol. The number of hydrogen-bond acceptors (Lipinski definition) is 7. The minimum atomic E-state index is -4.13. The van der Waals surface area contributed by atoms with Gasteiger partial charge in [0.25, 0.3) is 5.56 Å².